The fraction of sp³-hybridized carbons (Fsp3) is 0.500. The highest BCUT2D eigenvalue weighted by atomic mass is 16.5. The Morgan fingerprint density at radius 1 is 1.26 bits per heavy atom. The van der Waals surface area contributed by atoms with Crippen LogP contribution in [0.5, 0.6) is 0 Å². The van der Waals surface area contributed by atoms with Crippen LogP contribution in [0.1, 0.15) is 36.2 Å². The van der Waals surface area contributed by atoms with E-state index in [1.165, 1.54) is 0 Å². The minimum Gasteiger partial charge on any atom is -0.375 e. The minimum absolute atomic E-state index is 0.0753. The van der Waals surface area contributed by atoms with Crippen LogP contribution in [0.15, 0.2) is 24.7 Å². The second kappa shape index (κ2) is 4.13. The number of aromatic nitrogens is 3. The molecule has 2 fully saturated rings. The second-order valence-corrected chi connectivity index (χ2v) is 5.42. The van der Waals surface area contributed by atoms with Gasteiger partial charge in [-0.3, -0.25) is 9.20 Å². The number of carbonyl (C=O) groups excluding carboxylic acids is 1. The van der Waals surface area contributed by atoms with Gasteiger partial charge in [-0.25, -0.2) is 9.97 Å². The average Bonchev–Trinajstić information content (AvgIpc) is 3.01. The van der Waals surface area contributed by atoms with Crippen molar-refractivity contribution in [1.29, 1.82) is 0 Å². The standard InChI is InChI=1S/C14H15N3O2/c18-13(9-6-10-2-3-11(7-9)19-10)12-8-16-14-15-4-1-5-17(12)14/h1,4-5,8-11H,2-3,6-7H2. The second-order valence-electron chi connectivity index (χ2n) is 5.42. The fourth-order valence-electron chi connectivity index (χ4n) is 3.29. The van der Waals surface area contributed by atoms with Crippen molar-refractivity contribution in [2.75, 3.05) is 0 Å². The number of fused-ring (bicyclic) bond motifs is 3. The summed E-state index contributed by atoms with van der Waals surface area (Å²) in [5.74, 6) is 0.841. The Kier molecular flexibility index (Phi) is 2.41. The minimum atomic E-state index is 0.0753. The van der Waals surface area contributed by atoms with Crippen molar-refractivity contribution in [3.8, 4) is 0 Å². The van der Waals surface area contributed by atoms with Crippen molar-refractivity contribution in [2.45, 2.75) is 37.9 Å². The van der Waals surface area contributed by atoms with Gasteiger partial charge in [0.25, 0.3) is 0 Å². The maximum atomic E-state index is 12.6. The molecule has 0 aromatic carbocycles. The summed E-state index contributed by atoms with van der Waals surface area (Å²) in [4.78, 5) is 21.0. The topological polar surface area (TPSA) is 56.5 Å². The number of hydrogen-bond donors (Lipinski definition) is 0. The van der Waals surface area contributed by atoms with Crippen LogP contribution >= 0.6 is 0 Å². The number of carbonyl (C=O) groups is 1. The Hall–Kier alpha value is -1.75. The molecule has 0 amide bonds. The van der Waals surface area contributed by atoms with E-state index in [4.69, 9.17) is 4.74 Å². The monoisotopic (exact) mass is 257 g/mol. The Morgan fingerprint density at radius 2 is 2.05 bits per heavy atom. The summed E-state index contributed by atoms with van der Waals surface area (Å²) in [7, 11) is 0. The molecule has 2 aliphatic rings. The SMILES string of the molecule is O=C(c1cnc2ncccn12)C1CC2CCC(C1)O2. The highest BCUT2D eigenvalue weighted by molar-refractivity contribution is 5.97. The van der Waals surface area contributed by atoms with E-state index in [0.29, 0.717) is 11.5 Å². The summed E-state index contributed by atoms with van der Waals surface area (Å²) in [5, 5.41) is 0. The van der Waals surface area contributed by atoms with Gasteiger partial charge >= 0.3 is 0 Å². The third-order valence-corrected chi connectivity index (χ3v) is 4.20. The van der Waals surface area contributed by atoms with Gasteiger partial charge in [0.2, 0.25) is 5.78 Å². The summed E-state index contributed by atoms with van der Waals surface area (Å²) in [6.45, 7) is 0. The molecular formula is C14H15N3O2. The van der Waals surface area contributed by atoms with Crippen molar-refractivity contribution in [1.82, 2.24) is 14.4 Å². The summed E-state index contributed by atoms with van der Waals surface area (Å²) >= 11 is 0. The van der Waals surface area contributed by atoms with Crippen molar-refractivity contribution in [2.24, 2.45) is 5.92 Å². The number of ketones is 1. The van der Waals surface area contributed by atoms with E-state index < -0.39 is 0 Å². The zero-order chi connectivity index (χ0) is 12.8. The van der Waals surface area contributed by atoms with Gasteiger partial charge in [-0.05, 0) is 31.7 Å². The number of nitrogens with zero attached hydrogens (tertiary/aromatic N) is 3. The Morgan fingerprint density at radius 3 is 2.84 bits per heavy atom. The molecule has 2 atom stereocenters. The lowest BCUT2D eigenvalue weighted by atomic mass is 9.90. The third kappa shape index (κ3) is 1.76. The molecule has 0 aliphatic carbocycles. The average molecular weight is 257 g/mol. The molecule has 4 heterocycles. The van der Waals surface area contributed by atoms with Crippen LogP contribution in [0.2, 0.25) is 0 Å². The van der Waals surface area contributed by atoms with E-state index >= 15 is 0 Å². The van der Waals surface area contributed by atoms with Crippen LogP contribution in [-0.2, 0) is 4.74 Å². The van der Waals surface area contributed by atoms with Gasteiger partial charge in [0.15, 0.2) is 5.78 Å². The molecule has 4 rings (SSSR count). The molecular weight excluding hydrogens is 242 g/mol. The Bertz CT molecular complexity index is 624. The van der Waals surface area contributed by atoms with Crippen LogP contribution in [0, 0.1) is 5.92 Å². The first-order chi connectivity index (χ1) is 9.31. The molecule has 0 radical (unpaired) electrons. The van der Waals surface area contributed by atoms with E-state index in [0.717, 1.165) is 25.7 Å². The number of Topliss-reactive ketones (excluding diaryl/α,β-unsaturated/α-hetero) is 1. The van der Waals surface area contributed by atoms with Gasteiger partial charge in [0.05, 0.1) is 18.4 Å². The lowest BCUT2D eigenvalue weighted by Gasteiger charge is -2.27. The third-order valence-electron chi connectivity index (χ3n) is 4.20. The van der Waals surface area contributed by atoms with E-state index in [1.54, 1.807) is 16.8 Å². The number of rotatable bonds is 2. The van der Waals surface area contributed by atoms with Gasteiger partial charge in [-0.1, -0.05) is 0 Å². The van der Waals surface area contributed by atoms with Crippen LogP contribution in [0.25, 0.3) is 5.78 Å². The predicted molar refractivity (Wildman–Crippen MR) is 67.9 cm³/mol. The van der Waals surface area contributed by atoms with Crippen molar-refractivity contribution < 1.29 is 9.53 Å². The van der Waals surface area contributed by atoms with E-state index in [2.05, 4.69) is 9.97 Å². The molecule has 2 aromatic rings. The molecule has 19 heavy (non-hydrogen) atoms. The zero-order valence-corrected chi connectivity index (χ0v) is 10.5. The number of hydrogen-bond acceptors (Lipinski definition) is 4. The summed E-state index contributed by atoms with van der Waals surface area (Å²) in [6, 6.07) is 1.82. The number of imidazole rings is 1. The molecule has 5 heteroatoms. The van der Waals surface area contributed by atoms with E-state index in [-0.39, 0.29) is 23.9 Å². The summed E-state index contributed by atoms with van der Waals surface area (Å²) < 4.78 is 7.57. The maximum absolute atomic E-state index is 12.6. The molecule has 2 aromatic heterocycles. The van der Waals surface area contributed by atoms with Gasteiger partial charge in [-0.2, -0.15) is 0 Å². The lowest BCUT2D eigenvalue weighted by molar-refractivity contribution is -0.0150. The highest BCUT2D eigenvalue weighted by Gasteiger charge is 2.38. The largest absolute Gasteiger partial charge is 0.375 e. The van der Waals surface area contributed by atoms with Gasteiger partial charge in [-0.15, -0.1) is 0 Å². The normalized spacial score (nSPS) is 29.8. The summed E-state index contributed by atoms with van der Waals surface area (Å²) in [6.07, 6.45) is 9.64. The molecule has 5 nitrogen and oxygen atoms in total. The first-order valence-electron chi connectivity index (χ1n) is 6.79. The fourth-order valence-corrected chi connectivity index (χ4v) is 3.29. The first-order valence-corrected chi connectivity index (χ1v) is 6.79. The van der Waals surface area contributed by atoms with Gasteiger partial charge in [0.1, 0.15) is 5.69 Å². The lowest BCUT2D eigenvalue weighted by Crippen LogP contribution is -2.30. The van der Waals surface area contributed by atoms with Crippen molar-refractivity contribution in [3.63, 3.8) is 0 Å². The quantitative estimate of drug-likeness (QED) is 0.771. The molecule has 0 N–H and O–H groups in total. The molecule has 2 aliphatic heterocycles. The van der Waals surface area contributed by atoms with Crippen LogP contribution in [-0.4, -0.2) is 32.4 Å². The van der Waals surface area contributed by atoms with Crippen LogP contribution in [0.3, 0.4) is 0 Å². The Balaban J connectivity index is 1.67. The molecule has 2 saturated heterocycles. The molecule has 0 spiro atoms. The van der Waals surface area contributed by atoms with Crippen molar-refractivity contribution >= 4 is 11.6 Å². The Labute approximate surface area is 110 Å². The first kappa shape index (κ1) is 11.1. The molecule has 2 unspecified atom stereocenters. The van der Waals surface area contributed by atoms with E-state index in [9.17, 15) is 4.79 Å². The molecule has 98 valence electrons. The number of ether oxygens (including phenoxy) is 1. The zero-order valence-electron chi connectivity index (χ0n) is 10.5. The molecule has 2 bridgehead atoms. The van der Waals surface area contributed by atoms with Crippen LogP contribution < -0.4 is 0 Å². The predicted octanol–water partition coefficient (Wildman–Crippen LogP) is 1.87. The maximum Gasteiger partial charge on any atom is 0.234 e. The smallest absolute Gasteiger partial charge is 0.234 e. The van der Waals surface area contributed by atoms with E-state index in [1.807, 2.05) is 12.3 Å². The van der Waals surface area contributed by atoms with Crippen molar-refractivity contribution in [3.05, 3.63) is 30.4 Å². The highest BCUT2D eigenvalue weighted by Crippen LogP contribution is 2.37. The summed E-state index contributed by atoms with van der Waals surface area (Å²) in [5.41, 5.74) is 0.648. The molecule has 0 saturated carbocycles. The van der Waals surface area contributed by atoms with Crippen LogP contribution in [0.4, 0.5) is 0 Å². The van der Waals surface area contributed by atoms with Gasteiger partial charge in [0, 0.05) is 18.3 Å². The van der Waals surface area contributed by atoms with Gasteiger partial charge < -0.3 is 4.74 Å².